The Bertz CT molecular complexity index is 628. The molecule has 2 aromatic rings. The number of nitrogens with one attached hydrogen (secondary N) is 1. The number of rotatable bonds is 4. The maximum absolute atomic E-state index is 13.7. The molecule has 0 saturated heterocycles. The van der Waals surface area contributed by atoms with Gasteiger partial charge in [-0.2, -0.15) is 0 Å². The van der Waals surface area contributed by atoms with Gasteiger partial charge >= 0.3 is 0 Å². The van der Waals surface area contributed by atoms with Gasteiger partial charge in [0.05, 0.1) is 0 Å². The molecule has 0 aliphatic heterocycles. The second-order valence-electron chi connectivity index (χ2n) is 4.61. The second kappa shape index (κ2) is 6.53. The monoisotopic (exact) mass is 291 g/mol. The summed E-state index contributed by atoms with van der Waals surface area (Å²) in [4.78, 5) is 11.4. The molecule has 2 aromatic carbocycles. The Kier molecular flexibility index (Phi) is 4.74. The molecule has 0 aromatic heterocycles. The summed E-state index contributed by atoms with van der Waals surface area (Å²) in [7, 11) is 0. The molecular formula is C16H15ClFNO. The maximum Gasteiger partial charge on any atom is 0.239 e. The van der Waals surface area contributed by atoms with Crippen molar-refractivity contribution in [3.05, 3.63) is 65.0 Å². The van der Waals surface area contributed by atoms with Crippen molar-refractivity contribution >= 4 is 23.2 Å². The molecule has 104 valence electrons. The van der Waals surface area contributed by atoms with Crippen LogP contribution in [0.25, 0.3) is 0 Å². The number of halogens is 2. The zero-order valence-electron chi connectivity index (χ0n) is 11.1. The van der Waals surface area contributed by atoms with Gasteiger partial charge in [0.25, 0.3) is 0 Å². The van der Waals surface area contributed by atoms with Crippen molar-refractivity contribution in [1.29, 1.82) is 0 Å². The molecule has 0 spiro atoms. The third kappa shape index (κ3) is 3.58. The van der Waals surface area contributed by atoms with Crippen LogP contribution in [0.5, 0.6) is 0 Å². The van der Waals surface area contributed by atoms with Crippen molar-refractivity contribution < 1.29 is 9.18 Å². The van der Waals surface area contributed by atoms with E-state index in [4.69, 9.17) is 11.6 Å². The van der Waals surface area contributed by atoms with Crippen molar-refractivity contribution in [2.24, 2.45) is 0 Å². The topological polar surface area (TPSA) is 29.1 Å². The third-order valence-corrected chi connectivity index (χ3v) is 3.24. The Morgan fingerprint density at radius 3 is 2.65 bits per heavy atom. The minimum Gasteiger partial charge on any atom is -0.325 e. The molecule has 4 heteroatoms. The number of hydrogen-bond acceptors (Lipinski definition) is 1. The summed E-state index contributed by atoms with van der Waals surface area (Å²) in [6.45, 7) is 1.93. The lowest BCUT2D eigenvalue weighted by molar-refractivity contribution is -0.113. The van der Waals surface area contributed by atoms with Gasteiger partial charge in [-0.15, -0.1) is 11.6 Å². The minimum absolute atomic E-state index is 0.104. The number of carbonyl (C=O) groups is 1. The molecule has 2 nitrogen and oxygen atoms in total. The van der Waals surface area contributed by atoms with Crippen LogP contribution in [0.3, 0.4) is 0 Å². The van der Waals surface area contributed by atoms with E-state index in [9.17, 15) is 9.18 Å². The summed E-state index contributed by atoms with van der Waals surface area (Å²) in [5.41, 5.74) is 3.16. The number of carbonyl (C=O) groups excluding carboxylic acids is 1. The number of benzene rings is 2. The smallest absolute Gasteiger partial charge is 0.239 e. The Labute approximate surface area is 122 Å². The number of anilines is 1. The Balaban J connectivity index is 2.31. The summed E-state index contributed by atoms with van der Waals surface area (Å²) in [5, 5.41) is 2.75. The van der Waals surface area contributed by atoms with E-state index >= 15 is 0 Å². The van der Waals surface area contributed by atoms with Crippen molar-refractivity contribution in [2.75, 3.05) is 11.2 Å². The largest absolute Gasteiger partial charge is 0.325 e. The second-order valence-corrected chi connectivity index (χ2v) is 4.88. The number of hydrogen-bond donors (Lipinski definition) is 1. The molecule has 0 bridgehead atoms. The van der Waals surface area contributed by atoms with Gasteiger partial charge in [-0.1, -0.05) is 30.3 Å². The van der Waals surface area contributed by atoms with Gasteiger partial charge < -0.3 is 5.32 Å². The highest BCUT2D eigenvalue weighted by molar-refractivity contribution is 6.29. The van der Waals surface area contributed by atoms with Crippen LogP contribution in [0.2, 0.25) is 0 Å². The van der Waals surface area contributed by atoms with Crippen LogP contribution in [0.4, 0.5) is 10.1 Å². The van der Waals surface area contributed by atoms with Crippen LogP contribution in [0.15, 0.2) is 42.5 Å². The lowest BCUT2D eigenvalue weighted by atomic mass is 10.0. The average Bonchev–Trinajstić information content (AvgIpc) is 2.44. The first-order valence-corrected chi connectivity index (χ1v) is 6.82. The van der Waals surface area contributed by atoms with Gasteiger partial charge in [0, 0.05) is 12.1 Å². The average molecular weight is 292 g/mol. The fourth-order valence-corrected chi connectivity index (χ4v) is 2.06. The molecule has 0 aliphatic carbocycles. The summed E-state index contributed by atoms with van der Waals surface area (Å²) < 4.78 is 13.7. The Morgan fingerprint density at radius 1 is 1.20 bits per heavy atom. The molecule has 0 unspecified atom stereocenters. The van der Waals surface area contributed by atoms with Crippen molar-refractivity contribution in [3.63, 3.8) is 0 Å². The van der Waals surface area contributed by atoms with Gasteiger partial charge in [-0.25, -0.2) is 4.39 Å². The molecule has 1 N–H and O–H groups in total. The van der Waals surface area contributed by atoms with Crippen molar-refractivity contribution in [3.8, 4) is 0 Å². The molecule has 1 amide bonds. The lowest BCUT2D eigenvalue weighted by Crippen LogP contribution is -2.14. The SMILES string of the molecule is Cc1ccc(Cc2ccccc2F)c(NC(=O)CCl)c1. The normalized spacial score (nSPS) is 10.3. The van der Waals surface area contributed by atoms with E-state index in [0.29, 0.717) is 17.7 Å². The maximum atomic E-state index is 13.7. The van der Waals surface area contributed by atoms with Crippen LogP contribution in [0.1, 0.15) is 16.7 Å². The highest BCUT2D eigenvalue weighted by Crippen LogP contribution is 2.22. The van der Waals surface area contributed by atoms with Crippen LogP contribution >= 0.6 is 11.6 Å². The molecule has 0 radical (unpaired) electrons. The van der Waals surface area contributed by atoms with E-state index in [2.05, 4.69) is 5.32 Å². The lowest BCUT2D eigenvalue weighted by Gasteiger charge is -2.12. The van der Waals surface area contributed by atoms with Gasteiger partial charge in [-0.05, 0) is 35.7 Å². The fourth-order valence-electron chi connectivity index (χ4n) is 1.99. The minimum atomic E-state index is -0.271. The van der Waals surface area contributed by atoms with E-state index in [1.165, 1.54) is 6.07 Å². The van der Waals surface area contributed by atoms with E-state index in [0.717, 1.165) is 11.1 Å². The van der Waals surface area contributed by atoms with Gasteiger partial charge in [0.2, 0.25) is 5.91 Å². The van der Waals surface area contributed by atoms with Gasteiger partial charge in [0.1, 0.15) is 11.7 Å². The van der Waals surface area contributed by atoms with E-state index in [1.54, 1.807) is 18.2 Å². The third-order valence-electron chi connectivity index (χ3n) is 3.00. The molecular weight excluding hydrogens is 277 g/mol. The van der Waals surface area contributed by atoms with Crippen LogP contribution < -0.4 is 5.32 Å². The number of amides is 1. The van der Waals surface area contributed by atoms with Crippen LogP contribution in [-0.2, 0) is 11.2 Å². The van der Waals surface area contributed by atoms with Gasteiger partial charge in [0.15, 0.2) is 0 Å². The van der Waals surface area contributed by atoms with E-state index < -0.39 is 0 Å². The zero-order chi connectivity index (χ0) is 14.5. The van der Waals surface area contributed by atoms with Crippen molar-refractivity contribution in [1.82, 2.24) is 0 Å². The van der Waals surface area contributed by atoms with Crippen LogP contribution in [-0.4, -0.2) is 11.8 Å². The van der Waals surface area contributed by atoms with E-state index in [1.807, 2.05) is 25.1 Å². The summed E-state index contributed by atoms with van der Waals surface area (Å²) in [6.07, 6.45) is 0.421. The quantitative estimate of drug-likeness (QED) is 0.851. The molecule has 0 atom stereocenters. The molecule has 0 fully saturated rings. The predicted molar refractivity (Wildman–Crippen MR) is 79.7 cm³/mol. The highest BCUT2D eigenvalue weighted by atomic mass is 35.5. The number of aryl methyl sites for hydroxylation is 1. The first-order chi connectivity index (χ1) is 9.60. The first-order valence-electron chi connectivity index (χ1n) is 6.29. The van der Waals surface area contributed by atoms with Crippen molar-refractivity contribution in [2.45, 2.75) is 13.3 Å². The highest BCUT2D eigenvalue weighted by Gasteiger charge is 2.09. The molecule has 0 saturated carbocycles. The summed E-state index contributed by atoms with van der Waals surface area (Å²) in [5.74, 6) is -0.623. The summed E-state index contributed by atoms with van der Waals surface area (Å²) >= 11 is 5.51. The van der Waals surface area contributed by atoms with E-state index in [-0.39, 0.29) is 17.6 Å². The first kappa shape index (κ1) is 14.5. The molecule has 2 rings (SSSR count). The predicted octanol–water partition coefficient (Wildman–Crippen LogP) is 3.90. The molecule has 20 heavy (non-hydrogen) atoms. The standard InChI is InChI=1S/C16H15ClFNO/c1-11-6-7-13(15(8-11)19-16(20)10-17)9-12-4-2-3-5-14(12)18/h2-8H,9-10H2,1H3,(H,19,20). The molecule has 0 aliphatic rings. The van der Waals surface area contributed by atoms with Crippen LogP contribution in [0, 0.1) is 12.7 Å². The fraction of sp³-hybridized carbons (Fsp3) is 0.188. The molecule has 0 heterocycles. The Hall–Kier alpha value is -1.87. The van der Waals surface area contributed by atoms with Gasteiger partial charge in [-0.3, -0.25) is 4.79 Å². The Morgan fingerprint density at radius 2 is 1.95 bits per heavy atom. The zero-order valence-corrected chi connectivity index (χ0v) is 11.9. The number of alkyl halides is 1. The summed E-state index contributed by atoms with van der Waals surface area (Å²) in [6, 6.07) is 12.3.